The molecule has 0 saturated carbocycles. The van der Waals surface area contributed by atoms with E-state index in [1.165, 1.54) is 31.0 Å². The number of fused-ring (bicyclic) bond motifs is 1. The van der Waals surface area contributed by atoms with E-state index in [1.54, 1.807) is 36.2 Å². The van der Waals surface area contributed by atoms with Crippen molar-refractivity contribution in [1.29, 1.82) is 0 Å². The Morgan fingerprint density at radius 1 is 1.21 bits per heavy atom. The highest BCUT2D eigenvalue weighted by atomic mass is 19.1. The van der Waals surface area contributed by atoms with E-state index >= 15 is 4.39 Å². The molecule has 2 aromatic carbocycles. The zero-order valence-electron chi connectivity index (χ0n) is 24.6. The number of hydrogen-bond donors (Lipinski definition) is 1. The molecule has 3 rings (SSSR count). The van der Waals surface area contributed by atoms with E-state index in [-0.39, 0.29) is 17.5 Å². The fourth-order valence-corrected chi connectivity index (χ4v) is 3.73. The van der Waals surface area contributed by atoms with Crippen molar-refractivity contribution in [2.75, 3.05) is 32.1 Å². The summed E-state index contributed by atoms with van der Waals surface area (Å²) in [5.74, 6) is 1.04. The molecular formula is C31H37FN6O4. The van der Waals surface area contributed by atoms with Gasteiger partial charge in [0.1, 0.15) is 47.2 Å². The summed E-state index contributed by atoms with van der Waals surface area (Å²) in [5, 5.41) is 3.65. The Bertz CT molecular complexity index is 1460. The van der Waals surface area contributed by atoms with Crippen molar-refractivity contribution in [1.82, 2.24) is 14.9 Å². The lowest BCUT2D eigenvalue weighted by Gasteiger charge is -2.26. The number of benzene rings is 2. The van der Waals surface area contributed by atoms with Gasteiger partial charge in [0.25, 0.3) is 0 Å². The van der Waals surface area contributed by atoms with Crippen molar-refractivity contribution < 1.29 is 23.4 Å². The van der Waals surface area contributed by atoms with Crippen LogP contribution in [0.3, 0.4) is 0 Å². The SMILES string of the molecule is C=C/C(=C\C=NC=NC)Oc1ccc(Nc2ncnc3cccc(OCCCN(CC)C(=O)OC(C)(C)C)c23)c(F)c1. The molecule has 42 heavy (non-hydrogen) atoms. The van der Waals surface area contributed by atoms with Gasteiger partial charge in [0.05, 0.1) is 23.2 Å². The fourth-order valence-electron chi connectivity index (χ4n) is 3.73. The minimum atomic E-state index is -0.564. The molecule has 1 N–H and O–H groups in total. The molecule has 1 amide bonds. The van der Waals surface area contributed by atoms with Gasteiger partial charge >= 0.3 is 6.09 Å². The normalized spacial score (nSPS) is 12.1. The molecule has 0 spiro atoms. The number of nitrogens with zero attached hydrogens (tertiary/aromatic N) is 5. The quantitative estimate of drug-likeness (QED) is 0.0791. The van der Waals surface area contributed by atoms with Gasteiger partial charge in [-0.05, 0) is 70.5 Å². The van der Waals surface area contributed by atoms with Gasteiger partial charge in [-0.15, -0.1) is 0 Å². The maximum absolute atomic E-state index is 15.1. The lowest BCUT2D eigenvalue weighted by Crippen LogP contribution is -2.37. The summed E-state index contributed by atoms with van der Waals surface area (Å²) in [6.45, 7) is 12.4. The molecular weight excluding hydrogens is 539 g/mol. The Morgan fingerprint density at radius 3 is 2.71 bits per heavy atom. The third kappa shape index (κ3) is 9.39. The molecule has 0 fully saturated rings. The summed E-state index contributed by atoms with van der Waals surface area (Å²) in [4.78, 5) is 30.4. The third-order valence-electron chi connectivity index (χ3n) is 5.63. The number of ether oxygens (including phenoxy) is 3. The predicted octanol–water partition coefficient (Wildman–Crippen LogP) is 6.72. The van der Waals surface area contributed by atoms with E-state index < -0.39 is 11.4 Å². The molecule has 1 aromatic heterocycles. The van der Waals surface area contributed by atoms with Gasteiger partial charge in [-0.25, -0.2) is 24.1 Å². The Morgan fingerprint density at radius 2 is 2.02 bits per heavy atom. The van der Waals surface area contributed by atoms with Crippen molar-refractivity contribution in [3.05, 3.63) is 73.0 Å². The van der Waals surface area contributed by atoms with E-state index in [0.717, 1.165) is 0 Å². The molecule has 11 heteroatoms. The van der Waals surface area contributed by atoms with Crippen LogP contribution in [0, 0.1) is 5.82 Å². The highest BCUT2D eigenvalue weighted by Gasteiger charge is 2.21. The average molecular weight is 577 g/mol. The van der Waals surface area contributed by atoms with Crippen LogP contribution in [0.15, 0.2) is 77.2 Å². The van der Waals surface area contributed by atoms with Gasteiger partial charge < -0.3 is 24.4 Å². The first-order valence-electron chi connectivity index (χ1n) is 13.5. The first-order chi connectivity index (χ1) is 20.1. The van der Waals surface area contributed by atoms with Crippen LogP contribution in [-0.4, -0.2) is 65.9 Å². The molecule has 0 bridgehead atoms. The maximum atomic E-state index is 15.1. The van der Waals surface area contributed by atoms with Crippen LogP contribution in [0.4, 0.5) is 20.7 Å². The van der Waals surface area contributed by atoms with Crippen LogP contribution >= 0.6 is 0 Å². The van der Waals surface area contributed by atoms with Gasteiger partial charge in [0.15, 0.2) is 0 Å². The zero-order valence-corrected chi connectivity index (χ0v) is 24.6. The lowest BCUT2D eigenvalue weighted by atomic mass is 10.2. The molecule has 0 radical (unpaired) electrons. The molecule has 1 heterocycles. The maximum Gasteiger partial charge on any atom is 0.410 e. The number of halogens is 1. The molecule has 0 aliphatic rings. The van der Waals surface area contributed by atoms with Crippen LogP contribution in [0.25, 0.3) is 10.9 Å². The minimum Gasteiger partial charge on any atom is -0.493 e. The zero-order chi connectivity index (χ0) is 30.5. The van der Waals surface area contributed by atoms with E-state index in [1.807, 2.05) is 39.8 Å². The van der Waals surface area contributed by atoms with Crippen molar-refractivity contribution in [2.45, 2.75) is 39.7 Å². The topological polar surface area (TPSA) is 111 Å². The Balaban J connectivity index is 1.72. The van der Waals surface area contributed by atoms with Crippen LogP contribution in [-0.2, 0) is 4.74 Å². The summed E-state index contributed by atoms with van der Waals surface area (Å²) in [5.41, 5.74) is 0.258. The van der Waals surface area contributed by atoms with Gasteiger partial charge in [-0.2, -0.15) is 0 Å². The van der Waals surface area contributed by atoms with Crippen molar-refractivity contribution in [3.8, 4) is 11.5 Å². The third-order valence-corrected chi connectivity index (χ3v) is 5.63. The summed E-state index contributed by atoms with van der Waals surface area (Å²) in [7, 11) is 1.61. The summed E-state index contributed by atoms with van der Waals surface area (Å²) >= 11 is 0. The van der Waals surface area contributed by atoms with Crippen molar-refractivity contribution >= 4 is 41.1 Å². The molecule has 0 unspecified atom stereocenters. The Labute approximate surface area is 245 Å². The number of carbonyl (C=O) groups is 1. The van der Waals surface area contributed by atoms with Crippen LogP contribution in [0.5, 0.6) is 11.5 Å². The van der Waals surface area contributed by atoms with Crippen molar-refractivity contribution in [2.24, 2.45) is 9.98 Å². The second-order valence-corrected chi connectivity index (χ2v) is 9.95. The first-order valence-corrected chi connectivity index (χ1v) is 13.5. The van der Waals surface area contributed by atoms with Crippen LogP contribution in [0.1, 0.15) is 34.1 Å². The van der Waals surface area contributed by atoms with E-state index in [0.29, 0.717) is 54.3 Å². The standard InChI is InChI=1S/C31H37FN6O4/c1-7-22(15-16-34-20-33-6)41-23-13-14-25(24(32)19-23)37-29-28-26(35-21-36-29)11-9-12-27(28)40-18-10-17-38(8-2)30(39)42-31(3,4)5/h7,9,11-16,19-21H,1,8,10,17-18H2,2-6H3,(H,35,36,37)/b22-15+,33-20?,34-16?. The molecule has 3 aromatic rings. The van der Waals surface area contributed by atoms with E-state index in [2.05, 4.69) is 31.8 Å². The second-order valence-electron chi connectivity index (χ2n) is 9.95. The molecule has 0 saturated heterocycles. The van der Waals surface area contributed by atoms with Crippen molar-refractivity contribution in [3.63, 3.8) is 0 Å². The number of amides is 1. The number of hydrogen-bond acceptors (Lipinski definition) is 8. The van der Waals surface area contributed by atoms with Gasteiger partial charge in [-0.3, -0.25) is 4.99 Å². The summed E-state index contributed by atoms with van der Waals surface area (Å²) in [6.07, 6.45) is 7.58. The number of nitrogens with one attached hydrogen (secondary N) is 1. The number of rotatable bonds is 13. The summed E-state index contributed by atoms with van der Waals surface area (Å²) < 4.78 is 32.4. The van der Waals surface area contributed by atoms with Crippen LogP contribution < -0.4 is 14.8 Å². The Hall–Kier alpha value is -4.80. The number of carbonyl (C=O) groups excluding carboxylic acids is 1. The molecule has 222 valence electrons. The van der Waals surface area contributed by atoms with E-state index in [4.69, 9.17) is 14.2 Å². The minimum absolute atomic E-state index is 0.193. The fraction of sp³-hybridized carbons (Fsp3) is 0.323. The Kier molecular flexibility index (Phi) is 11.5. The largest absolute Gasteiger partial charge is 0.493 e. The second kappa shape index (κ2) is 15.3. The lowest BCUT2D eigenvalue weighted by molar-refractivity contribution is 0.0252. The number of aromatic nitrogens is 2. The van der Waals surface area contributed by atoms with Gasteiger partial charge in [0.2, 0.25) is 0 Å². The first kappa shape index (κ1) is 31.7. The number of anilines is 2. The highest BCUT2D eigenvalue weighted by Crippen LogP contribution is 2.33. The monoisotopic (exact) mass is 576 g/mol. The smallest absolute Gasteiger partial charge is 0.410 e. The summed E-state index contributed by atoms with van der Waals surface area (Å²) in [6, 6.07) is 9.88. The molecule has 0 aliphatic heterocycles. The molecule has 0 aliphatic carbocycles. The average Bonchev–Trinajstić information content (AvgIpc) is 2.95. The van der Waals surface area contributed by atoms with Gasteiger partial charge in [0, 0.05) is 32.4 Å². The van der Waals surface area contributed by atoms with Crippen LogP contribution in [0.2, 0.25) is 0 Å². The number of aliphatic imine (C=N–C) groups is 2. The molecule has 10 nitrogen and oxygen atoms in total. The van der Waals surface area contributed by atoms with E-state index in [9.17, 15) is 4.79 Å². The highest BCUT2D eigenvalue weighted by molar-refractivity contribution is 5.95. The molecule has 0 atom stereocenters. The van der Waals surface area contributed by atoms with Gasteiger partial charge in [-0.1, -0.05) is 12.6 Å². The predicted molar refractivity (Wildman–Crippen MR) is 165 cm³/mol. The number of allylic oxidation sites excluding steroid dienone is 2.